The van der Waals surface area contributed by atoms with Crippen LogP contribution in [-0.4, -0.2) is 38.5 Å². The van der Waals surface area contributed by atoms with Crippen LogP contribution in [-0.2, 0) is 9.47 Å². The smallest absolute Gasteiger partial charge is 0.0598 e. The lowest BCUT2D eigenvalue weighted by Crippen LogP contribution is -2.41. The molecule has 1 saturated heterocycles. The first-order valence-electron chi connectivity index (χ1n) is 7.75. The van der Waals surface area contributed by atoms with Crippen molar-refractivity contribution in [1.82, 2.24) is 5.32 Å². The summed E-state index contributed by atoms with van der Waals surface area (Å²) in [6, 6.07) is 0. The minimum atomic E-state index is -0.0300. The highest BCUT2D eigenvalue weighted by atomic mass is 16.5. The molecule has 0 bridgehead atoms. The van der Waals surface area contributed by atoms with Crippen molar-refractivity contribution in [3.63, 3.8) is 0 Å². The van der Waals surface area contributed by atoms with Crippen molar-refractivity contribution in [2.24, 2.45) is 11.3 Å². The molecule has 3 heteroatoms. The maximum absolute atomic E-state index is 5.92. The van der Waals surface area contributed by atoms with Crippen LogP contribution >= 0.6 is 0 Å². The lowest BCUT2D eigenvalue weighted by Gasteiger charge is -2.38. The van der Waals surface area contributed by atoms with E-state index in [4.69, 9.17) is 9.47 Å². The summed E-state index contributed by atoms with van der Waals surface area (Å²) in [7, 11) is 0. The van der Waals surface area contributed by atoms with Gasteiger partial charge in [0.25, 0.3) is 0 Å². The predicted molar refractivity (Wildman–Crippen MR) is 80.5 cm³/mol. The van der Waals surface area contributed by atoms with E-state index in [1.54, 1.807) is 0 Å². The molecule has 0 aromatic heterocycles. The maximum Gasteiger partial charge on any atom is 0.0598 e. The van der Waals surface area contributed by atoms with Crippen molar-refractivity contribution >= 4 is 0 Å². The van der Waals surface area contributed by atoms with Crippen LogP contribution in [0.25, 0.3) is 0 Å². The fourth-order valence-electron chi connectivity index (χ4n) is 2.52. The molecule has 0 spiro atoms. The van der Waals surface area contributed by atoms with Crippen LogP contribution in [0.5, 0.6) is 0 Å². The summed E-state index contributed by atoms with van der Waals surface area (Å²) in [5, 5.41) is 3.63. The number of rotatable bonds is 7. The second-order valence-electron chi connectivity index (χ2n) is 7.35. The molecule has 1 aliphatic rings. The molecule has 1 N–H and O–H groups in total. The second kappa shape index (κ2) is 7.61. The van der Waals surface area contributed by atoms with Gasteiger partial charge in [-0.1, -0.05) is 13.8 Å². The van der Waals surface area contributed by atoms with Crippen molar-refractivity contribution in [3.8, 4) is 0 Å². The molecule has 3 nitrogen and oxygen atoms in total. The highest BCUT2D eigenvalue weighted by molar-refractivity contribution is 4.84. The van der Waals surface area contributed by atoms with Gasteiger partial charge in [-0.2, -0.15) is 0 Å². The van der Waals surface area contributed by atoms with Gasteiger partial charge >= 0.3 is 0 Å². The van der Waals surface area contributed by atoms with E-state index in [0.717, 1.165) is 52.2 Å². The van der Waals surface area contributed by atoms with Crippen LogP contribution in [0.2, 0.25) is 0 Å². The summed E-state index contributed by atoms with van der Waals surface area (Å²) >= 11 is 0. The number of nitrogens with one attached hydrogen (secondary N) is 1. The van der Waals surface area contributed by atoms with Gasteiger partial charge in [-0.05, 0) is 57.9 Å². The van der Waals surface area contributed by atoms with Gasteiger partial charge in [-0.25, -0.2) is 0 Å². The second-order valence-corrected chi connectivity index (χ2v) is 7.35. The van der Waals surface area contributed by atoms with E-state index in [1.165, 1.54) is 0 Å². The molecule has 0 unspecified atom stereocenters. The summed E-state index contributed by atoms with van der Waals surface area (Å²) in [4.78, 5) is 0. The van der Waals surface area contributed by atoms with E-state index >= 15 is 0 Å². The van der Waals surface area contributed by atoms with E-state index in [2.05, 4.69) is 39.9 Å². The Kier molecular flexibility index (Phi) is 6.78. The third-order valence-corrected chi connectivity index (χ3v) is 3.77. The zero-order chi connectivity index (χ0) is 14.4. The summed E-state index contributed by atoms with van der Waals surface area (Å²) in [6.07, 6.45) is 3.45. The van der Waals surface area contributed by atoms with Gasteiger partial charge in [0.2, 0.25) is 0 Å². The largest absolute Gasteiger partial charge is 0.381 e. The Balaban J connectivity index is 2.40. The Morgan fingerprint density at radius 1 is 1.21 bits per heavy atom. The van der Waals surface area contributed by atoms with Crippen molar-refractivity contribution in [2.75, 3.05) is 32.9 Å². The molecule has 0 amide bonds. The molecule has 0 radical (unpaired) electrons. The van der Waals surface area contributed by atoms with Crippen LogP contribution in [0.4, 0.5) is 0 Å². The van der Waals surface area contributed by atoms with Gasteiger partial charge in [0.15, 0.2) is 0 Å². The quantitative estimate of drug-likeness (QED) is 0.771. The van der Waals surface area contributed by atoms with Crippen LogP contribution in [0.15, 0.2) is 0 Å². The molecule has 1 heterocycles. The highest BCUT2D eigenvalue weighted by Crippen LogP contribution is 2.34. The van der Waals surface area contributed by atoms with E-state index < -0.39 is 0 Å². The zero-order valence-electron chi connectivity index (χ0n) is 13.6. The van der Waals surface area contributed by atoms with Gasteiger partial charge < -0.3 is 14.8 Å². The Labute approximate surface area is 119 Å². The van der Waals surface area contributed by atoms with Crippen LogP contribution in [0.1, 0.15) is 53.9 Å². The molecular weight excluding hydrogens is 238 g/mol. The van der Waals surface area contributed by atoms with Gasteiger partial charge in [0, 0.05) is 26.4 Å². The van der Waals surface area contributed by atoms with E-state index in [9.17, 15) is 0 Å². The minimum Gasteiger partial charge on any atom is -0.381 e. The molecule has 114 valence electrons. The fourth-order valence-corrected chi connectivity index (χ4v) is 2.52. The monoisotopic (exact) mass is 271 g/mol. The highest BCUT2D eigenvalue weighted by Gasteiger charge is 2.32. The van der Waals surface area contributed by atoms with Crippen LogP contribution in [0.3, 0.4) is 0 Å². The molecule has 19 heavy (non-hydrogen) atoms. The Morgan fingerprint density at radius 3 is 2.37 bits per heavy atom. The van der Waals surface area contributed by atoms with E-state index in [-0.39, 0.29) is 5.60 Å². The number of hydrogen-bond donors (Lipinski definition) is 1. The molecule has 0 aromatic carbocycles. The van der Waals surface area contributed by atoms with E-state index in [1.807, 2.05) is 0 Å². The Morgan fingerprint density at radius 2 is 1.84 bits per heavy atom. The average molecular weight is 271 g/mol. The van der Waals surface area contributed by atoms with Gasteiger partial charge in [0.1, 0.15) is 0 Å². The average Bonchev–Trinajstić information content (AvgIpc) is 2.28. The first-order chi connectivity index (χ1) is 8.83. The van der Waals surface area contributed by atoms with Gasteiger partial charge in [-0.15, -0.1) is 0 Å². The summed E-state index contributed by atoms with van der Waals surface area (Å²) in [5.74, 6) is 0.711. The summed E-state index contributed by atoms with van der Waals surface area (Å²) in [5.41, 5.74) is 0.343. The molecule has 1 aliphatic heterocycles. The fraction of sp³-hybridized carbons (Fsp3) is 1.00. The molecule has 1 rings (SSSR count). The van der Waals surface area contributed by atoms with E-state index in [0.29, 0.717) is 11.3 Å². The third-order valence-electron chi connectivity index (χ3n) is 3.77. The molecule has 1 fully saturated rings. The van der Waals surface area contributed by atoms with Crippen molar-refractivity contribution in [3.05, 3.63) is 0 Å². The topological polar surface area (TPSA) is 30.5 Å². The van der Waals surface area contributed by atoms with Crippen molar-refractivity contribution in [1.29, 1.82) is 0 Å². The zero-order valence-corrected chi connectivity index (χ0v) is 13.6. The molecule has 0 saturated carbocycles. The standard InChI is InChI=1S/C16H33NO2/c1-14(2)12-17-13-16(6-9-18-10-7-16)8-11-19-15(3,4)5/h14,17H,6-13H2,1-5H3. The first kappa shape index (κ1) is 16.9. The SMILES string of the molecule is CC(C)CNCC1(CCOC(C)(C)C)CCOCC1. The Hall–Kier alpha value is -0.120. The Bertz CT molecular complexity index is 240. The molecule has 0 atom stereocenters. The van der Waals surface area contributed by atoms with Crippen molar-refractivity contribution < 1.29 is 9.47 Å². The van der Waals surface area contributed by atoms with Crippen molar-refractivity contribution in [2.45, 2.75) is 59.5 Å². The van der Waals surface area contributed by atoms with Gasteiger partial charge in [0.05, 0.1) is 5.60 Å². The molecule has 0 aromatic rings. The lowest BCUT2D eigenvalue weighted by atomic mass is 9.77. The van der Waals surface area contributed by atoms with Crippen LogP contribution < -0.4 is 5.32 Å². The first-order valence-corrected chi connectivity index (χ1v) is 7.75. The third kappa shape index (κ3) is 7.28. The number of hydrogen-bond acceptors (Lipinski definition) is 3. The predicted octanol–water partition coefficient (Wildman–Crippen LogP) is 3.23. The normalized spacial score (nSPS) is 19.9. The lowest BCUT2D eigenvalue weighted by molar-refractivity contribution is -0.0432. The minimum absolute atomic E-state index is 0.0300. The molecule has 0 aliphatic carbocycles. The summed E-state index contributed by atoms with van der Waals surface area (Å²) in [6.45, 7) is 15.7. The maximum atomic E-state index is 5.92. The number of ether oxygens (including phenoxy) is 2. The molecular formula is C16H33NO2. The van der Waals surface area contributed by atoms with Gasteiger partial charge in [-0.3, -0.25) is 0 Å². The summed E-state index contributed by atoms with van der Waals surface area (Å²) < 4.78 is 11.4. The van der Waals surface area contributed by atoms with Crippen LogP contribution in [0, 0.1) is 11.3 Å².